The Morgan fingerprint density at radius 2 is 0.825 bits per heavy atom. The predicted octanol–water partition coefficient (Wildman–Crippen LogP) is 13.3. The normalized spacial score (nSPS) is 7.44. The molecule has 7 aromatic rings. The van der Waals surface area contributed by atoms with Crippen molar-refractivity contribution in [1.29, 1.82) is 0 Å². The van der Waals surface area contributed by atoms with Gasteiger partial charge < -0.3 is 0 Å². The van der Waals surface area contributed by atoms with Crippen molar-refractivity contribution >= 4 is 0 Å². The summed E-state index contributed by atoms with van der Waals surface area (Å²) in [6.07, 6.45) is 25.5. The van der Waals surface area contributed by atoms with Gasteiger partial charge in [-0.25, -0.2) is 29.9 Å². The Bertz CT molecular complexity index is 1320. The third-order valence-electron chi connectivity index (χ3n) is 5.09. The van der Waals surface area contributed by atoms with Crippen LogP contribution in [0.25, 0.3) is 0 Å². The molecular weight excluding hydrogens is 783 g/mol. The van der Waals surface area contributed by atoms with Gasteiger partial charge in [-0.3, -0.25) is 15.0 Å². The molecule has 0 amide bonds. The number of pyridine rings is 1. The minimum atomic E-state index is 0.822. The van der Waals surface area contributed by atoms with E-state index in [1.54, 1.807) is 86.6 Å². The molecule has 350 valence electrons. The molecule has 7 heterocycles. The lowest BCUT2D eigenvalue weighted by Gasteiger charge is -1.82. The quantitative estimate of drug-likeness (QED) is 0.141. The lowest BCUT2D eigenvalue weighted by molar-refractivity contribution is 0.980. The summed E-state index contributed by atoms with van der Waals surface area (Å²) in [5.74, 6) is 0.822. The van der Waals surface area contributed by atoms with Gasteiger partial charge in [0, 0.05) is 80.1 Å². The number of rotatable bonds is 0. The highest BCUT2D eigenvalue weighted by Crippen LogP contribution is 1.89. The number of aromatic nitrogens is 13. The van der Waals surface area contributed by atoms with Crippen LogP contribution >= 0.6 is 0 Å². The van der Waals surface area contributed by atoms with Crippen molar-refractivity contribution < 1.29 is 0 Å². The van der Waals surface area contributed by atoms with E-state index in [4.69, 9.17) is 0 Å². The van der Waals surface area contributed by atoms with Crippen molar-refractivity contribution in [3.63, 3.8) is 0 Å². The Hall–Kier alpha value is -6.37. The van der Waals surface area contributed by atoms with Crippen LogP contribution in [0, 0.1) is 48.5 Å². The third kappa shape index (κ3) is 65.0. The molecule has 0 saturated carbocycles. The zero-order chi connectivity index (χ0) is 49.8. The highest BCUT2D eigenvalue weighted by molar-refractivity contribution is 5.05. The van der Waals surface area contributed by atoms with Gasteiger partial charge in [-0.2, -0.15) is 20.4 Å². The molecule has 7 aromatic heterocycles. The van der Waals surface area contributed by atoms with Crippen molar-refractivity contribution in [2.24, 2.45) is 0 Å². The number of hydrogen-bond acceptors (Lipinski definition) is 13. The van der Waals surface area contributed by atoms with Gasteiger partial charge in [0.05, 0.1) is 17.6 Å². The van der Waals surface area contributed by atoms with E-state index in [0.29, 0.717) is 0 Å². The maximum absolute atomic E-state index is 3.92. The zero-order valence-electron chi connectivity index (χ0n) is 43.0. The monoisotopic (exact) mass is 868 g/mol. The molecule has 13 nitrogen and oxygen atoms in total. The second-order valence-electron chi connectivity index (χ2n) is 9.72. The minimum Gasteiger partial charge on any atom is -0.265 e. The van der Waals surface area contributed by atoms with E-state index >= 15 is 0 Å². The first-order valence-corrected chi connectivity index (χ1v) is 22.0. The largest absolute Gasteiger partial charge is 0.265 e. The van der Waals surface area contributed by atoms with Crippen molar-refractivity contribution in [1.82, 2.24) is 65.3 Å². The lowest BCUT2D eigenvalue weighted by atomic mass is 10.3. The van der Waals surface area contributed by atoms with E-state index in [9.17, 15) is 0 Å². The Morgan fingerprint density at radius 1 is 0.286 bits per heavy atom. The lowest BCUT2D eigenvalue weighted by Crippen LogP contribution is -1.80. The molecular formula is C50H85N13. The number of hydrogen-bond donors (Lipinski definition) is 0. The van der Waals surface area contributed by atoms with Gasteiger partial charge in [0.2, 0.25) is 0 Å². The summed E-state index contributed by atoms with van der Waals surface area (Å²) in [7, 11) is 0. The Kier molecular flexibility index (Phi) is 76.1. The SMILES string of the molecule is CC.CC.CC.CC.CC.CC.CC.Cc1cccnn1.Cc1ccncc1.Cc1ccncn1.Cc1ccnnc1.Cc1cnccn1.Cc1cncnc1.Cc1ncccn1. The second kappa shape index (κ2) is 67.4. The van der Waals surface area contributed by atoms with E-state index in [2.05, 4.69) is 65.3 Å². The summed E-state index contributed by atoms with van der Waals surface area (Å²) in [6, 6.07) is 13.3. The fraction of sp³-hybridized carbons (Fsp3) is 0.420. The maximum Gasteiger partial charge on any atom is 0.125 e. The summed E-state index contributed by atoms with van der Waals surface area (Å²) in [4.78, 5) is 34.5. The van der Waals surface area contributed by atoms with Crippen LogP contribution in [0.5, 0.6) is 0 Å². The molecule has 0 aliphatic heterocycles. The highest BCUT2D eigenvalue weighted by atomic mass is 15.1. The predicted molar refractivity (Wildman–Crippen MR) is 269 cm³/mol. The maximum atomic E-state index is 3.92. The summed E-state index contributed by atoms with van der Waals surface area (Å²) in [5, 5.41) is 14.6. The van der Waals surface area contributed by atoms with Crippen molar-refractivity contribution in [3.05, 3.63) is 175 Å². The molecule has 0 unspecified atom stereocenters. The molecule has 7 rings (SSSR count). The van der Waals surface area contributed by atoms with Gasteiger partial charge in [0.25, 0.3) is 0 Å². The molecule has 0 aliphatic carbocycles. The fourth-order valence-corrected chi connectivity index (χ4v) is 2.64. The summed E-state index contributed by atoms with van der Waals surface area (Å²) < 4.78 is 0. The molecule has 0 bridgehead atoms. The molecule has 0 N–H and O–H groups in total. The number of nitrogens with zero attached hydrogens (tertiary/aromatic N) is 13. The molecule has 0 fully saturated rings. The molecule has 13 heteroatoms. The summed E-state index contributed by atoms with van der Waals surface area (Å²) >= 11 is 0. The Balaban J connectivity index is -0.000000111. The van der Waals surface area contributed by atoms with Gasteiger partial charge in [-0.15, -0.1) is 0 Å². The van der Waals surface area contributed by atoms with E-state index in [1.165, 1.54) is 18.2 Å². The van der Waals surface area contributed by atoms with Crippen LogP contribution in [0.1, 0.15) is 137 Å². The van der Waals surface area contributed by atoms with Gasteiger partial charge in [0.1, 0.15) is 18.5 Å². The molecule has 63 heavy (non-hydrogen) atoms. The standard InChI is InChI=1S/C6H7N.6C5H6N2.7C2H6/c1-6-2-4-7-5-3-6;1-5-2-6-4-7-3-5;1-5-4-6-2-3-7-5;1-5-2-3-6-4-7-5;1-5-2-3-6-7-4-5;1-5-6-3-2-4-7-5;1-5-3-2-4-6-7-5;7*1-2/h2-5H,1H3;6*2-4H,1H3;7*1-2H3. The number of aryl methyl sites for hydroxylation is 7. The van der Waals surface area contributed by atoms with Crippen molar-refractivity contribution in [3.8, 4) is 0 Å². The second-order valence-corrected chi connectivity index (χ2v) is 9.72. The molecule has 0 atom stereocenters. The fourth-order valence-electron chi connectivity index (χ4n) is 2.64. The molecule has 0 aromatic carbocycles. The minimum absolute atomic E-state index is 0.822. The van der Waals surface area contributed by atoms with Crippen LogP contribution in [-0.4, -0.2) is 65.3 Å². The summed E-state index contributed by atoms with van der Waals surface area (Å²) in [6.45, 7) is 41.6. The Morgan fingerprint density at radius 3 is 1.05 bits per heavy atom. The molecule has 0 saturated heterocycles. The highest BCUT2D eigenvalue weighted by Gasteiger charge is 1.78. The van der Waals surface area contributed by atoms with Gasteiger partial charge >= 0.3 is 0 Å². The average molecular weight is 868 g/mol. The van der Waals surface area contributed by atoms with Crippen LogP contribution < -0.4 is 0 Å². The van der Waals surface area contributed by atoms with Crippen molar-refractivity contribution in [2.75, 3.05) is 0 Å². The van der Waals surface area contributed by atoms with Crippen LogP contribution in [-0.2, 0) is 0 Å². The van der Waals surface area contributed by atoms with E-state index in [1.807, 2.05) is 182 Å². The Labute approximate surface area is 384 Å². The van der Waals surface area contributed by atoms with Gasteiger partial charge in [-0.05, 0) is 108 Å². The first kappa shape index (κ1) is 71.2. The van der Waals surface area contributed by atoms with Crippen LogP contribution in [0.15, 0.2) is 136 Å². The zero-order valence-corrected chi connectivity index (χ0v) is 43.0. The van der Waals surface area contributed by atoms with Crippen LogP contribution in [0.4, 0.5) is 0 Å². The first-order valence-electron chi connectivity index (χ1n) is 22.0. The summed E-state index contributed by atoms with van der Waals surface area (Å²) in [5.41, 5.74) is 6.44. The van der Waals surface area contributed by atoms with Gasteiger partial charge in [0.15, 0.2) is 0 Å². The average Bonchev–Trinajstić information content (AvgIpc) is 3.36. The topological polar surface area (TPSA) is 168 Å². The molecule has 0 radical (unpaired) electrons. The van der Waals surface area contributed by atoms with E-state index in [0.717, 1.165) is 34.0 Å². The first-order chi connectivity index (χ1) is 30.8. The van der Waals surface area contributed by atoms with Crippen LogP contribution in [0.2, 0.25) is 0 Å². The molecule has 0 aliphatic rings. The van der Waals surface area contributed by atoms with Gasteiger partial charge in [-0.1, -0.05) is 96.9 Å². The molecule has 0 spiro atoms. The van der Waals surface area contributed by atoms with E-state index < -0.39 is 0 Å². The third-order valence-corrected chi connectivity index (χ3v) is 5.09. The van der Waals surface area contributed by atoms with E-state index in [-0.39, 0.29) is 0 Å². The van der Waals surface area contributed by atoms with Crippen LogP contribution in [0.3, 0.4) is 0 Å². The van der Waals surface area contributed by atoms with Crippen molar-refractivity contribution in [2.45, 2.75) is 145 Å². The smallest absolute Gasteiger partial charge is 0.125 e.